The van der Waals surface area contributed by atoms with Crippen molar-refractivity contribution in [1.29, 1.82) is 0 Å². The highest BCUT2D eigenvalue weighted by Gasteiger charge is 2.34. The van der Waals surface area contributed by atoms with E-state index in [1.54, 1.807) is 27.0 Å². The van der Waals surface area contributed by atoms with Crippen molar-refractivity contribution in [3.63, 3.8) is 0 Å². The van der Waals surface area contributed by atoms with E-state index >= 15 is 0 Å². The molecule has 15 heteroatoms. The predicted octanol–water partition coefficient (Wildman–Crippen LogP) is 3.87. The van der Waals surface area contributed by atoms with Crippen LogP contribution in [0.15, 0.2) is 35.1 Å². The van der Waals surface area contributed by atoms with Gasteiger partial charge in [0.1, 0.15) is 5.76 Å². The van der Waals surface area contributed by atoms with E-state index < -0.39 is 32.5 Å². The molecule has 1 fully saturated rings. The normalized spacial score (nSPS) is 19.7. The van der Waals surface area contributed by atoms with E-state index in [1.165, 1.54) is 5.38 Å². The molecule has 0 aliphatic carbocycles. The zero-order valence-corrected chi connectivity index (χ0v) is 28.5. The van der Waals surface area contributed by atoms with Crippen molar-refractivity contribution in [3.8, 4) is 5.75 Å². The van der Waals surface area contributed by atoms with Crippen LogP contribution in [0, 0.1) is 5.41 Å². The van der Waals surface area contributed by atoms with Gasteiger partial charge in [0.15, 0.2) is 21.6 Å². The summed E-state index contributed by atoms with van der Waals surface area (Å²) in [5.41, 5.74) is 0.195. The molecule has 0 amide bonds. The number of aromatic hydroxyl groups is 1. The summed E-state index contributed by atoms with van der Waals surface area (Å²) in [5, 5.41) is 18.5. The molecule has 4 N–H and O–H groups in total. The zero-order valence-electron chi connectivity index (χ0n) is 26.1. The number of hydrogen-bond donors (Lipinski definition) is 4. The second kappa shape index (κ2) is 13.4. The Kier molecular flexibility index (Phi) is 10.4. The quantitative estimate of drug-likeness (QED) is 0.280. The standard InChI is InChI=1S/C28H45N7O5S3/c1-27(2,3)23(21-16-19(17-40-21)10-8-9-11-35-14-12-34(7)13-15-35)30-25-24(31-42(37)32-25)29-20-18-41-26(22(20)36)43(38,39)33-28(4,5)6/h16-18,23,33,36H,8-15H2,1-7H3,(H,29,31)(H,30,32)/t23-,42?/m0/s1. The Bertz CT molecular complexity index is 1460. The first-order chi connectivity index (χ1) is 20.0. The second-order valence-corrected chi connectivity index (χ2v) is 16.9. The smallest absolute Gasteiger partial charge is 0.269 e. The van der Waals surface area contributed by atoms with Crippen LogP contribution in [-0.2, 0) is 27.6 Å². The van der Waals surface area contributed by atoms with E-state index in [1.807, 2.05) is 0 Å². The van der Waals surface area contributed by atoms with Crippen LogP contribution in [0.25, 0.3) is 0 Å². The van der Waals surface area contributed by atoms with Gasteiger partial charge in [-0.25, -0.2) is 17.3 Å². The number of hydrogen-bond acceptors (Lipinski definition) is 10. The fraction of sp³-hybridized carbons (Fsp3) is 0.643. The Morgan fingerprint density at radius 1 is 1.09 bits per heavy atom. The van der Waals surface area contributed by atoms with Crippen LogP contribution < -0.4 is 15.4 Å². The first-order valence-electron chi connectivity index (χ1n) is 14.5. The number of sulfonamides is 1. The van der Waals surface area contributed by atoms with Gasteiger partial charge in [-0.15, -0.1) is 20.1 Å². The van der Waals surface area contributed by atoms with Crippen LogP contribution in [0.1, 0.15) is 71.7 Å². The predicted molar refractivity (Wildman–Crippen MR) is 174 cm³/mol. The molecule has 2 aliphatic rings. The molecule has 1 saturated heterocycles. The van der Waals surface area contributed by atoms with Gasteiger partial charge in [-0.1, -0.05) is 20.8 Å². The molecule has 2 aromatic rings. The van der Waals surface area contributed by atoms with E-state index in [9.17, 15) is 17.7 Å². The maximum atomic E-state index is 12.8. The highest BCUT2D eigenvalue weighted by atomic mass is 32.2. The summed E-state index contributed by atoms with van der Waals surface area (Å²) in [6, 6.07) is 1.72. The minimum absolute atomic E-state index is 0.121. The maximum Gasteiger partial charge on any atom is 0.269 e. The molecular formula is C28H45N7O5S3. The SMILES string of the molecule is CN1CCN(CCCCc2coc([C@H](NC3=NS(=O)N=C3Nc3csc(S(=O)(=O)NC(C)(C)C)c3O)C(C)(C)C)c2)CC1. The van der Waals surface area contributed by atoms with E-state index in [4.69, 9.17) is 4.42 Å². The topological polar surface area (TPSA) is 152 Å². The molecule has 0 radical (unpaired) electrons. The van der Waals surface area contributed by atoms with E-state index in [0.717, 1.165) is 74.6 Å². The van der Waals surface area contributed by atoms with Crippen LogP contribution in [0.5, 0.6) is 5.75 Å². The van der Waals surface area contributed by atoms with Crippen molar-refractivity contribution in [3.05, 3.63) is 29.0 Å². The number of unbranched alkanes of at least 4 members (excludes halogenated alkanes) is 1. The Hall–Kier alpha value is -2.30. The molecule has 43 heavy (non-hydrogen) atoms. The summed E-state index contributed by atoms with van der Waals surface area (Å²) < 4.78 is 54.5. The molecule has 0 aromatic carbocycles. The number of amidine groups is 2. The van der Waals surface area contributed by atoms with Gasteiger partial charge in [-0.05, 0) is 70.7 Å². The number of thiophene rings is 1. The van der Waals surface area contributed by atoms with Gasteiger partial charge >= 0.3 is 0 Å². The molecule has 2 atom stereocenters. The Morgan fingerprint density at radius 2 is 1.77 bits per heavy atom. The fourth-order valence-corrected chi connectivity index (χ4v) is 8.18. The molecule has 2 aromatic heterocycles. The van der Waals surface area contributed by atoms with Crippen LogP contribution in [-0.4, -0.2) is 84.5 Å². The highest BCUT2D eigenvalue weighted by molar-refractivity contribution is 7.91. The summed E-state index contributed by atoms with van der Waals surface area (Å²) in [7, 11) is -1.79. The van der Waals surface area contributed by atoms with Crippen molar-refractivity contribution in [2.24, 2.45) is 14.2 Å². The first kappa shape index (κ1) is 33.6. The monoisotopic (exact) mass is 655 g/mol. The van der Waals surface area contributed by atoms with Crippen molar-refractivity contribution in [1.82, 2.24) is 19.8 Å². The molecule has 4 rings (SSSR count). The molecule has 1 unspecified atom stereocenters. The Labute approximate surface area is 261 Å². The third-order valence-electron chi connectivity index (χ3n) is 7.12. The lowest BCUT2D eigenvalue weighted by molar-refractivity contribution is 0.152. The second-order valence-electron chi connectivity index (χ2n) is 13.3. The van der Waals surface area contributed by atoms with Crippen molar-refractivity contribution >= 4 is 49.9 Å². The minimum Gasteiger partial charge on any atom is -0.504 e. The van der Waals surface area contributed by atoms with Crippen LogP contribution in [0.3, 0.4) is 0 Å². The van der Waals surface area contributed by atoms with Gasteiger partial charge in [-0.2, -0.15) is 0 Å². The van der Waals surface area contributed by atoms with Crippen LogP contribution in [0.2, 0.25) is 0 Å². The number of nitrogens with zero attached hydrogens (tertiary/aromatic N) is 4. The molecule has 240 valence electrons. The number of rotatable bonds is 10. The number of piperazine rings is 1. The lowest BCUT2D eigenvalue weighted by Crippen LogP contribution is -2.44. The fourth-order valence-electron chi connectivity index (χ4n) is 4.89. The van der Waals surface area contributed by atoms with Crippen LogP contribution in [0.4, 0.5) is 5.69 Å². The summed E-state index contributed by atoms with van der Waals surface area (Å²) in [6.07, 6.45) is 4.91. The lowest BCUT2D eigenvalue weighted by Gasteiger charge is -2.32. The molecule has 0 bridgehead atoms. The van der Waals surface area contributed by atoms with Crippen molar-refractivity contribution < 1.29 is 22.2 Å². The van der Waals surface area contributed by atoms with Gasteiger partial charge < -0.3 is 30.0 Å². The van der Waals surface area contributed by atoms with Crippen LogP contribution >= 0.6 is 11.3 Å². The summed E-state index contributed by atoms with van der Waals surface area (Å²) in [6.45, 7) is 16.9. The lowest BCUT2D eigenvalue weighted by atomic mass is 9.85. The van der Waals surface area contributed by atoms with Gasteiger partial charge in [0.2, 0.25) is 0 Å². The summed E-state index contributed by atoms with van der Waals surface area (Å²) >= 11 is -1.02. The van der Waals surface area contributed by atoms with Gasteiger partial charge in [-0.3, -0.25) is 0 Å². The Morgan fingerprint density at radius 3 is 2.42 bits per heavy atom. The molecule has 0 saturated carbocycles. The number of nitrogens with one attached hydrogen (secondary N) is 3. The number of furan rings is 1. The van der Waals surface area contributed by atoms with Gasteiger partial charge in [0.05, 0.1) is 18.0 Å². The van der Waals surface area contributed by atoms with E-state index in [-0.39, 0.29) is 33.0 Å². The van der Waals surface area contributed by atoms with Crippen molar-refractivity contribution in [2.45, 2.75) is 76.6 Å². The Balaban J connectivity index is 1.41. The first-order valence-corrected chi connectivity index (χ1v) is 17.9. The van der Waals surface area contributed by atoms with E-state index in [2.05, 4.69) is 67.8 Å². The van der Waals surface area contributed by atoms with Gasteiger partial charge in [0.25, 0.3) is 21.2 Å². The van der Waals surface area contributed by atoms with Crippen molar-refractivity contribution in [2.75, 3.05) is 45.1 Å². The zero-order chi connectivity index (χ0) is 31.6. The molecule has 12 nitrogen and oxygen atoms in total. The largest absolute Gasteiger partial charge is 0.504 e. The number of anilines is 1. The molecular weight excluding hydrogens is 611 g/mol. The summed E-state index contributed by atoms with van der Waals surface area (Å²) in [5.74, 6) is 0.633. The molecule has 2 aliphatic heterocycles. The summed E-state index contributed by atoms with van der Waals surface area (Å²) in [4.78, 5) is 4.89. The number of likely N-dealkylation sites (N-methyl/N-ethyl adjacent to an activating group) is 1. The van der Waals surface area contributed by atoms with E-state index in [0.29, 0.717) is 0 Å². The third-order valence-corrected chi connectivity index (χ3v) is 11.1. The molecule has 0 spiro atoms. The minimum atomic E-state index is -3.96. The van der Waals surface area contributed by atoms with Gasteiger partial charge in [0, 0.05) is 37.1 Å². The average molecular weight is 656 g/mol. The molecule has 4 heterocycles. The number of aryl methyl sites for hydroxylation is 1. The maximum absolute atomic E-state index is 12.8. The average Bonchev–Trinajstić information content (AvgIpc) is 3.58. The highest BCUT2D eigenvalue weighted by Crippen LogP contribution is 2.39. The third kappa shape index (κ3) is 9.11.